The molecule has 4 nitrogen and oxygen atoms in total. The maximum Gasteiger partial charge on any atom is 0.529 e. The molecular weight excluding hydrogens is 231 g/mol. The normalized spacial score (nSPS) is 17.0. The van der Waals surface area contributed by atoms with Gasteiger partial charge in [-0.05, 0) is 58.1 Å². The molecule has 1 aliphatic rings. The third kappa shape index (κ3) is 2.63. The van der Waals surface area contributed by atoms with Crippen LogP contribution in [0.2, 0.25) is 0 Å². The monoisotopic (exact) mass is 252 g/mol. The fourth-order valence-corrected chi connectivity index (χ4v) is 1.74. The summed E-state index contributed by atoms with van der Waals surface area (Å²) in [6, 6.07) is 1.89. The van der Waals surface area contributed by atoms with Gasteiger partial charge in [0.1, 0.15) is 5.66 Å². The molecule has 0 aromatic carbocycles. The standard InChI is InChI=1S/C13H21BO4/c1-12(2,15)13(3,4)18-14(16)11-10(7-8-17-11)9-5-6-9/h7-9,15-16H,5-6H2,1-4H3. The van der Waals surface area contributed by atoms with Crippen LogP contribution < -0.4 is 5.66 Å². The van der Waals surface area contributed by atoms with E-state index in [2.05, 4.69) is 0 Å². The van der Waals surface area contributed by atoms with Crippen LogP contribution in [0.1, 0.15) is 52.0 Å². The second-order valence-corrected chi connectivity index (χ2v) is 6.05. The molecule has 18 heavy (non-hydrogen) atoms. The van der Waals surface area contributed by atoms with Crippen molar-refractivity contribution in [3.8, 4) is 0 Å². The largest absolute Gasteiger partial charge is 0.529 e. The average molecular weight is 252 g/mol. The highest BCUT2D eigenvalue weighted by Crippen LogP contribution is 2.39. The number of furan rings is 1. The van der Waals surface area contributed by atoms with Gasteiger partial charge in [0.15, 0.2) is 0 Å². The third-order valence-electron chi connectivity index (χ3n) is 3.85. The summed E-state index contributed by atoms with van der Waals surface area (Å²) in [6.45, 7) is 6.80. The van der Waals surface area contributed by atoms with Gasteiger partial charge in [-0.25, -0.2) is 0 Å². The van der Waals surface area contributed by atoms with Crippen LogP contribution in [0.15, 0.2) is 16.7 Å². The Morgan fingerprint density at radius 3 is 2.44 bits per heavy atom. The van der Waals surface area contributed by atoms with E-state index >= 15 is 0 Å². The molecule has 0 unspecified atom stereocenters. The lowest BCUT2D eigenvalue weighted by Gasteiger charge is -2.38. The van der Waals surface area contributed by atoms with Crippen molar-refractivity contribution < 1.29 is 19.2 Å². The molecule has 1 aromatic heterocycles. The maximum atomic E-state index is 10.1. The molecule has 2 rings (SSSR count). The van der Waals surface area contributed by atoms with Gasteiger partial charge in [-0.15, -0.1) is 0 Å². The molecule has 0 radical (unpaired) electrons. The highest BCUT2D eigenvalue weighted by molar-refractivity contribution is 6.59. The number of hydrogen-bond donors (Lipinski definition) is 2. The highest BCUT2D eigenvalue weighted by atomic mass is 16.6. The van der Waals surface area contributed by atoms with Crippen molar-refractivity contribution >= 4 is 12.8 Å². The lowest BCUT2D eigenvalue weighted by atomic mass is 9.79. The molecule has 0 amide bonds. The van der Waals surface area contributed by atoms with Crippen molar-refractivity contribution in [2.45, 2.75) is 57.7 Å². The van der Waals surface area contributed by atoms with E-state index < -0.39 is 18.3 Å². The predicted octanol–water partition coefficient (Wildman–Crippen LogP) is 1.41. The fraction of sp³-hybridized carbons (Fsp3) is 0.692. The van der Waals surface area contributed by atoms with E-state index in [0.29, 0.717) is 11.6 Å². The fourth-order valence-electron chi connectivity index (χ4n) is 1.74. The molecule has 1 aliphatic carbocycles. The highest BCUT2D eigenvalue weighted by Gasteiger charge is 2.42. The average Bonchev–Trinajstić information content (AvgIpc) is 2.93. The molecule has 1 saturated carbocycles. The lowest BCUT2D eigenvalue weighted by molar-refractivity contribution is -0.0986. The summed E-state index contributed by atoms with van der Waals surface area (Å²) >= 11 is 0. The van der Waals surface area contributed by atoms with Crippen LogP contribution in [0.4, 0.5) is 0 Å². The second kappa shape index (κ2) is 4.40. The molecule has 100 valence electrons. The Balaban J connectivity index is 2.12. The molecule has 1 aromatic rings. The summed E-state index contributed by atoms with van der Waals surface area (Å²) in [5.41, 5.74) is -0.441. The van der Waals surface area contributed by atoms with Gasteiger partial charge in [-0.2, -0.15) is 0 Å². The summed E-state index contributed by atoms with van der Waals surface area (Å²) in [5, 5.41) is 20.2. The van der Waals surface area contributed by atoms with Gasteiger partial charge in [-0.1, -0.05) is 0 Å². The smallest absolute Gasteiger partial charge is 0.473 e. The lowest BCUT2D eigenvalue weighted by Crippen LogP contribution is -2.53. The van der Waals surface area contributed by atoms with Gasteiger partial charge in [0.2, 0.25) is 0 Å². The minimum absolute atomic E-state index is 0.467. The molecular formula is C13H21BO4. The van der Waals surface area contributed by atoms with Crippen molar-refractivity contribution in [3.63, 3.8) is 0 Å². The van der Waals surface area contributed by atoms with Gasteiger partial charge >= 0.3 is 7.12 Å². The SMILES string of the molecule is CC(C)(O)C(C)(C)OB(O)c1occc1C1CC1. The van der Waals surface area contributed by atoms with Gasteiger partial charge < -0.3 is 19.2 Å². The van der Waals surface area contributed by atoms with Gasteiger partial charge in [0.05, 0.1) is 17.5 Å². The van der Waals surface area contributed by atoms with Crippen LogP contribution in [0, 0.1) is 0 Å². The molecule has 1 fully saturated rings. The molecule has 1 heterocycles. The van der Waals surface area contributed by atoms with Gasteiger partial charge in [0.25, 0.3) is 0 Å². The van der Waals surface area contributed by atoms with Crippen molar-refractivity contribution in [3.05, 3.63) is 17.9 Å². The minimum atomic E-state index is -1.14. The molecule has 0 bridgehead atoms. The Morgan fingerprint density at radius 1 is 1.33 bits per heavy atom. The number of aliphatic hydroxyl groups is 1. The van der Waals surface area contributed by atoms with Crippen LogP contribution in [0.25, 0.3) is 0 Å². The van der Waals surface area contributed by atoms with E-state index in [1.54, 1.807) is 34.0 Å². The minimum Gasteiger partial charge on any atom is -0.473 e. The van der Waals surface area contributed by atoms with E-state index in [4.69, 9.17) is 9.07 Å². The summed E-state index contributed by atoms with van der Waals surface area (Å²) in [7, 11) is -1.14. The van der Waals surface area contributed by atoms with Crippen molar-refractivity contribution in [1.29, 1.82) is 0 Å². The Kier molecular flexibility index (Phi) is 3.34. The quantitative estimate of drug-likeness (QED) is 0.778. The zero-order valence-corrected chi connectivity index (χ0v) is 11.4. The third-order valence-corrected chi connectivity index (χ3v) is 3.85. The van der Waals surface area contributed by atoms with Crippen molar-refractivity contribution in [1.82, 2.24) is 0 Å². The van der Waals surface area contributed by atoms with Crippen LogP contribution >= 0.6 is 0 Å². The summed E-state index contributed by atoms with van der Waals surface area (Å²) in [6.07, 6.45) is 3.84. The second-order valence-electron chi connectivity index (χ2n) is 6.05. The molecule has 0 aliphatic heterocycles. The van der Waals surface area contributed by atoms with Crippen LogP contribution in [-0.2, 0) is 4.65 Å². The van der Waals surface area contributed by atoms with E-state index in [0.717, 1.165) is 18.4 Å². The topological polar surface area (TPSA) is 62.8 Å². The van der Waals surface area contributed by atoms with Gasteiger partial charge in [0, 0.05) is 0 Å². The van der Waals surface area contributed by atoms with E-state index in [-0.39, 0.29) is 0 Å². The number of rotatable bonds is 5. The maximum absolute atomic E-state index is 10.1. The van der Waals surface area contributed by atoms with Crippen molar-refractivity contribution in [2.75, 3.05) is 0 Å². The summed E-state index contributed by atoms with van der Waals surface area (Å²) in [4.78, 5) is 0. The van der Waals surface area contributed by atoms with E-state index in [9.17, 15) is 10.1 Å². The van der Waals surface area contributed by atoms with Crippen molar-refractivity contribution in [2.24, 2.45) is 0 Å². The summed E-state index contributed by atoms with van der Waals surface area (Å²) in [5.74, 6) is 0.488. The zero-order valence-electron chi connectivity index (χ0n) is 11.4. The first kappa shape index (κ1) is 13.7. The first-order valence-electron chi connectivity index (χ1n) is 6.38. The molecule has 0 spiro atoms. The van der Waals surface area contributed by atoms with Crippen LogP contribution in [0.3, 0.4) is 0 Å². The zero-order chi connectivity index (χ0) is 13.6. The Hall–Kier alpha value is -0.775. The Morgan fingerprint density at radius 2 is 1.94 bits per heavy atom. The molecule has 0 saturated heterocycles. The summed E-state index contributed by atoms with van der Waals surface area (Å²) < 4.78 is 10.9. The first-order chi connectivity index (χ1) is 8.22. The van der Waals surface area contributed by atoms with E-state index in [1.807, 2.05) is 6.07 Å². The van der Waals surface area contributed by atoms with Crippen LogP contribution in [-0.4, -0.2) is 28.5 Å². The molecule has 5 heteroatoms. The van der Waals surface area contributed by atoms with E-state index in [1.165, 1.54) is 0 Å². The number of hydrogen-bond acceptors (Lipinski definition) is 4. The van der Waals surface area contributed by atoms with Gasteiger partial charge in [-0.3, -0.25) is 0 Å². The predicted molar refractivity (Wildman–Crippen MR) is 69.8 cm³/mol. The molecule has 0 atom stereocenters. The molecule has 2 N–H and O–H groups in total. The Labute approximate surface area is 108 Å². The first-order valence-corrected chi connectivity index (χ1v) is 6.38. The van der Waals surface area contributed by atoms with Crippen LogP contribution in [0.5, 0.6) is 0 Å². The Bertz CT molecular complexity index is 415.